The summed E-state index contributed by atoms with van der Waals surface area (Å²) in [5.41, 5.74) is 10.9. The van der Waals surface area contributed by atoms with Gasteiger partial charge in [-0.25, -0.2) is 15.0 Å². The molecule has 0 saturated heterocycles. The molecule has 0 unspecified atom stereocenters. The third-order valence-corrected chi connectivity index (χ3v) is 11.3. The standard InChI is InChI=1S/C53H31N7/c54-32-34-26-28-43(49(30-34)59-45-22-10-6-18-39(45)40-19-7-11-23-46(40)59)52-56-51(35-14-2-1-3-15-35)57-53(58-52)44-29-27-36(38-17-5-4-16-37(38)33-55)31-50(44)60-47-24-12-8-20-41(47)42-21-9-13-25-48(42)60/h1-31H. The number of rotatable bonds is 6. The monoisotopic (exact) mass is 765 g/mol. The van der Waals surface area contributed by atoms with Crippen molar-refractivity contribution in [1.29, 1.82) is 10.5 Å². The molecule has 0 fully saturated rings. The van der Waals surface area contributed by atoms with Gasteiger partial charge in [-0.05, 0) is 71.8 Å². The SMILES string of the molecule is N#Cc1ccc(-c2nc(-c3ccccc3)nc(-c3ccc(-c4ccccc4C#N)cc3-n3c4ccccc4c4ccccc43)n2)c(-n2c3ccccc3c3ccccc32)c1. The summed E-state index contributed by atoms with van der Waals surface area (Å²) >= 11 is 0. The topological polar surface area (TPSA) is 96.1 Å². The lowest BCUT2D eigenvalue weighted by molar-refractivity contribution is 1.06. The Hall–Kier alpha value is -8.65. The van der Waals surface area contributed by atoms with Gasteiger partial charge in [-0.2, -0.15) is 10.5 Å². The van der Waals surface area contributed by atoms with Crippen LogP contribution < -0.4 is 0 Å². The average molecular weight is 766 g/mol. The van der Waals surface area contributed by atoms with Crippen LogP contribution in [0.1, 0.15) is 11.1 Å². The summed E-state index contributed by atoms with van der Waals surface area (Å²) < 4.78 is 4.48. The lowest BCUT2D eigenvalue weighted by Gasteiger charge is -2.18. The number of para-hydroxylation sites is 4. The molecule has 278 valence electrons. The van der Waals surface area contributed by atoms with Crippen molar-refractivity contribution < 1.29 is 0 Å². The highest BCUT2D eigenvalue weighted by molar-refractivity contribution is 6.11. The van der Waals surface area contributed by atoms with Crippen LogP contribution in [0.4, 0.5) is 0 Å². The molecule has 7 nitrogen and oxygen atoms in total. The molecule has 0 atom stereocenters. The molecule has 11 rings (SSSR count). The summed E-state index contributed by atoms with van der Waals surface area (Å²) in [5.74, 6) is 1.46. The van der Waals surface area contributed by atoms with E-state index in [1.54, 1.807) is 0 Å². The van der Waals surface area contributed by atoms with Gasteiger partial charge < -0.3 is 9.13 Å². The van der Waals surface area contributed by atoms with Crippen LogP contribution in [0.25, 0.3) is 100 Å². The lowest BCUT2D eigenvalue weighted by atomic mass is 9.97. The molecule has 8 aromatic carbocycles. The first-order valence-corrected chi connectivity index (χ1v) is 19.7. The molecule has 0 radical (unpaired) electrons. The zero-order valence-electron chi connectivity index (χ0n) is 32.0. The van der Waals surface area contributed by atoms with E-state index < -0.39 is 0 Å². The van der Waals surface area contributed by atoms with E-state index in [1.165, 1.54) is 0 Å². The van der Waals surface area contributed by atoms with Gasteiger partial charge in [0.25, 0.3) is 0 Å². The third kappa shape index (κ3) is 5.54. The molecule has 7 heteroatoms. The predicted molar refractivity (Wildman–Crippen MR) is 240 cm³/mol. The maximum Gasteiger partial charge on any atom is 0.166 e. The van der Waals surface area contributed by atoms with Gasteiger partial charge >= 0.3 is 0 Å². The van der Waals surface area contributed by atoms with E-state index in [0.29, 0.717) is 28.6 Å². The molecule has 0 aliphatic heterocycles. The molecule has 0 aliphatic carbocycles. The van der Waals surface area contributed by atoms with Crippen LogP contribution in [-0.4, -0.2) is 24.1 Å². The van der Waals surface area contributed by atoms with Crippen LogP contribution in [0.15, 0.2) is 188 Å². The first kappa shape index (κ1) is 34.6. The Morgan fingerprint density at radius 2 is 0.800 bits per heavy atom. The molecule has 0 aliphatic rings. The fraction of sp³-hybridized carbons (Fsp3) is 0. The van der Waals surface area contributed by atoms with Crippen molar-refractivity contribution >= 4 is 43.6 Å². The Morgan fingerprint density at radius 3 is 1.33 bits per heavy atom. The van der Waals surface area contributed by atoms with E-state index in [1.807, 2.05) is 91.0 Å². The molecule has 0 amide bonds. The van der Waals surface area contributed by atoms with Gasteiger partial charge in [-0.1, -0.05) is 127 Å². The van der Waals surface area contributed by atoms with E-state index in [4.69, 9.17) is 15.0 Å². The number of hydrogen-bond donors (Lipinski definition) is 0. The van der Waals surface area contributed by atoms with Gasteiger partial charge in [-0.3, -0.25) is 0 Å². The van der Waals surface area contributed by atoms with Crippen molar-refractivity contribution in [3.63, 3.8) is 0 Å². The highest BCUT2D eigenvalue weighted by atomic mass is 15.1. The second-order valence-corrected chi connectivity index (χ2v) is 14.6. The minimum atomic E-state index is 0.465. The van der Waals surface area contributed by atoms with E-state index in [2.05, 4.69) is 118 Å². The van der Waals surface area contributed by atoms with Crippen LogP contribution in [0, 0.1) is 22.7 Å². The van der Waals surface area contributed by atoms with Crippen LogP contribution in [0.2, 0.25) is 0 Å². The van der Waals surface area contributed by atoms with E-state index in [-0.39, 0.29) is 0 Å². The fourth-order valence-corrected chi connectivity index (χ4v) is 8.58. The molecule has 0 saturated carbocycles. The van der Waals surface area contributed by atoms with Crippen molar-refractivity contribution in [3.8, 4) is 68.8 Å². The number of hydrogen-bond acceptors (Lipinski definition) is 5. The zero-order chi connectivity index (χ0) is 40.2. The summed E-state index contributed by atoms with van der Waals surface area (Å²) in [4.78, 5) is 15.8. The molecule has 11 aromatic rings. The first-order valence-electron chi connectivity index (χ1n) is 19.7. The summed E-state index contributed by atoms with van der Waals surface area (Å²) in [6.07, 6.45) is 0. The van der Waals surface area contributed by atoms with Crippen molar-refractivity contribution in [2.75, 3.05) is 0 Å². The quantitative estimate of drug-likeness (QED) is 0.168. The van der Waals surface area contributed by atoms with E-state index in [0.717, 1.165) is 82.8 Å². The van der Waals surface area contributed by atoms with Gasteiger partial charge in [0.15, 0.2) is 17.5 Å². The first-order chi connectivity index (χ1) is 29.7. The highest BCUT2D eigenvalue weighted by Crippen LogP contribution is 2.40. The van der Waals surface area contributed by atoms with Gasteiger partial charge in [0.05, 0.1) is 56.7 Å². The van der Waals surface area contributed by atoms with Crippen LogP contribution in [-0.2, 0) is 0 Å². The predicted octanol–water partition coefficient (Wildman–Crippen LogP) is 12.5. The summed E-state index contributed by atoms with van der Waals surface area (Å²) in [5, 5.41) is 24.8. The Balaban J connectivity index is 1.23. The number of nitriles is 2. The highest BCUT2D eigenvalue weighted by Gasteiger charge is 2.23. The van der Waals surface area contributed by atoms with Gasteiger partial charge in [0.2, 0.25) is 0 Å². The second kappa shape index (κ2) is 14.1. The summed E-state index contributed by atoms with van der Waals surface area (Å²) in [7, 11) is 0. The van der Waals surface area contributed by atoms with Gasteiger partial charge in [0, 0.05) is 38.2 Å². The Bertz CT molecular complexity index is 3480. The normalized spacial score (nSPS) is 11.3. The van der Waals surface area contributed by atoms with Gasteiger partial charge in [-0.15, -0.1) is 0 Å². The number of nitrogens with zero attached hydrogens (tertiary/aromatic N) is 7. The van der Waals surface area contributed by atoms with E-state index >= 15 is 0 Å². The zero-order valence-corrected chi connectivity index (χ0v) is 32.0. The summed E-state index contributed by atoms with van der Waals surface area (Å²) in [6.45, 7) is 0. The van der Waals surface area contributed by atoms with Crippen molar-refractivity contribution in [2.45, 2.75) is 0 Å². The molecule has 3 heterocycles. The minimum Gasteiger partial charge on any atom is -0.308 e. The average Bonchev–Trinajstić information content (AvgIpc) is 3.84. The van der Waals surface area contributed by atoms with Crippen LogP contribution in [0.5, 0.6) is 0 Å². The van der Waals surface area contributed by atoms with Gasteiger partial charge in [0.1, 0.15) is 0 Å². The maximum atomic E-state index is 10.2. The fourth-order valence-electron chi connectivity index (χ4n) is 8.58. The number of benzene rings is 8. The Kier molecular flexibility index (Phi) is 8.11. The Morgan fingerprint density at radius 1 is 0.350 bits per heavy atom. The van der Waals surface area contributed by atoms with Crippen molar-refractivity contribution in [1.82, 2.24) is 24.1 Å². The maximum absolute atomic E-state index is 10.2. The van der Waals surface area contributed by atoms with Crippen LogP contribution >= 0.6 is 0 Å². The smallest absolute Gasteiger partial charge is 0.166 e. The molecular formula is C53H31N7. The molecule has 60 heavy (non-hydrogen) atoms. The molecule has 0 spiro atoms. The molecular weight excluding hydrogens is 735 g/mol. The lowest BCUT2D eigenvalue weighted by Crippen LogP contribution is -2.06. The number of fused-ring (bicyclic) bond motifs is 6. The Labute approximate surface area is 345 Å². The third-order valence-electron chi connectivity index (χ3n) is 11.3. The molecule has 0 N–H and O–H groups in total. The second-order valence-electron chi connectivity index (χ2n) is 14.6. The minimum absolute atomic E-state index is 0.465. The van der Waals surface area contributed by atoms with E-state index in [9.17, 15) is 10.5 Å². The summed E-state index contributed by atoms with van der Waals surface area (Å²) in [6, 6.07) is 67.8. The van der Waals surface area contributed by atoms with Crippen molar-refractivity contribution in [3.05, 3.63) is 199 Å². The van der Waals surface area contributed by atoms with Crippen molar-refractivity contribution in [2.24, 2.45) is 0 Å². The molecule has 3 aromatic heterocycles. The number of aromatic nitrogens is 5. The van der Waals surface area contributed by atoms with Crippen LogP contribution in [0.3, 0.4) is 0 Å². The molecule has 0 bridgehead atoms. The largest absolute Gasteiger partial charge is 0.308 e.